The van der Waals surface area contributed by atoms with Crippen LogP contribution in [0.15, 0.2) is 18.2 Å². The Morgan fingerprint density at radius 1 is 1.21 bits per heavy atom. The summed E-state index contributed by atoms with van der Waals surface area (Å²) in [6, 6.07) is 7.20. The molecule has 0 aliphatic carbocycles. The van der Waals surface area contributed by atoms with Crippen molar-refractivity contribution in [1.82, 2.24) is 5.32 Å². The fourth-order valence-corrected chi connectivity index (χ4v) is 2.36. The van der Waals surface area contributed by atoms with Crippen LogP contribution in [0.3, 0.4) is 0 Å². The summed E-state index contributed by atoms with van der Waals surface area (Å²) < 4.78 is 5.45. The van der Waals surface area contributed by atoms with E-state index in [2.05, 4.69) is 51.2 Å². The molecular formula is C17H29NO. The number of hydrogen-bond acceptors (Lipinski definition) is 2. The molecule has 0 saturated heterocycles. The molecule has 0 aliphatic rings. The van der Waals surface area contributed by atoms with E-state index in [1.807, 2.05) is 0 Å². The van der Waals surface area contributed by atoms with Crippen LogP contribution in [0.5, 0.6) is 0 Å². The van der Waals surface area contributed by atoms with E-state index in [0.717, 1.165) is 32.6 Å². The van der Waals surface area contributed by atoms with Gasteiger partial charge in [0.1, 0.15) is 0 Å². The second-order valence-electron chi connectivity index (χ2n) is 5.21. The van der Waals surface area contributed by atoms with Crippen molar-refractivity contribution in [2.45, 2.75) is 53.0 Å². The molecular weight excluding hydrogens is 234 g/mol. The Hall–Kier alpha value is -0.860. The fraction of sp³-hybridized carbons (Fsp3) is 0.647. The molecule has 1 unspecified atom stereocenters. The second kappa shape index (κ2) is 9.11. The van der Waals surface area contributed by atoms with E-state index in [4.69, 9.17) is 4.74 Å². The monoisotopic (exact) mass is 263 g/mol. The summed E-state index contributed by atoms with van der Waals surface area (Å²) in [5.41, 5.74) is 4.18. The van der Waals surface area contributed by atoms with Crippen molar-refractivity contribution in [3.05, 3.63) is 34.9 Å². The smallest absolute Gasteiger partial charge is 0.0466 e. The zero-order valence-corrected chi connectivity index (χ0v) is 13.0. The average Bonchev–Trinajstić information content (AvgIpc) is 2.41. The van der Waals surface area contributed by atoms with Crippen molar-refractivity contribution in [2.24, 2.45) is 0 Å². The van der Waals surface area contributed by atoms with Gasteiger partial charge in [0.25, 0.3) is 0 Å². The molecule has 0 saturated carbocycles. The van der Waals surface area contributed by atoms with Gasteiger partial charge in [-0.25, -0.2) is 0 Å². The van der Waals surface area contributed by atoms with Gasteiger partial charge in [-0.3, -0.25) is 0 Å². The van der Waals surface area contributed by atoms with E-state index in [1.54, 1.807) is 0 Å². The van der Waals surface area contributed by atoms with Gasteiger partial charge in [0.2, 0.25) is 0 Å². The number of rotatable bonds is 9. The van der Waals surface area contributed by atoms with Crippen molar-refractivity contribution < 1.29 is 4.74 Å². The topological polar surface area (TPSA) is 21.3 Å². The second-order valence-corrected chi connectivity index (χ2v) is 5.21. The van der Waals surface area contributed by atoms with Gasteiger partial charge >= 0.3 is 0 Å². The first kappa shape index (κ1) is 16.2. The van der Waals surface area contributed by atoms with Crippen molar-refractivity contribution >= 4 is 0 Å². The van der Waals surface area contributed by atoms with Gasteiger partial charge in [0.05, 0.1) is 0 Å². The SMILES string of the molecule is CCCNC(CCCOCC)c1cc(C)ccc1C. The molecule has 1 rings (SSSR count). The third kappa shape index (κ3) is 5.75. The molecule has 0 aliphatic heterocycles. The number of aryl methyl sites for hydroxylation is 2. The minimum atomic E-state index is 0.459. The summed E-state index contributed by atoms with van der Waals surface area (Å²) in [5.74, 6) is 0. The molecule has 1 atom stereocenters. The number of ether oxygens (including phenoxy) is 1. The molecule has 0 aromatic heterocycles. The third-order valence-electron chi connectivity index (χ3n) is 3.44. The van der Waals surface area contributed by atoms with Crippen molar-refractivity contribution in [3.8, 4) is 0 Å². The lowest BCUT2D eigenvalue weighted by Gasteiger charge is -2.21. The summed E-state index contributed by atoms with van der Waals surface area (Å²) >= 11 is 0. The molecule has 0 radical (unpaired) electrons. The number of nitrogens with one attached hydrogen (secondary N) is 1. The van der Waals surface area contributed by atoms with E-state index in [1.165, 1.54) is 23.1 Å². The van der Waals surface area contributed by atoms with Crippen molar-refractivity contribution in [3.63, 3.8) is 0 Å². The van der Waals surface area contributed by atoms with E-state index in [9.17, 15) is 0 Å². The Kier molecular flexibility index (Phi) is 7.76. The minimum absolute atomic E-state index is 0.459. The van der Waals surface area contributed by atoms with Gasteiger partial charge < -0.3 is 10.1 Å². The highest BCUT2D eigenvalue weighted by Gasteiger charge is 2.12. The van der Waals surface area contributed by atoms with Gasteiger partial charge in [-0.05, 0) is 57.7 Å². The first-order valence-electron chi connectivity index (χ1n) is 7.57. The lowest BCUT2D eigenvalue weighted by Crippen LogP contribution is -2.23. The maximum atomic E-state index is 5.45. The molecule has 0 fully saturated rings. The third-order valence-corrected chi connectivity index (χ3v) is 3.44. The Labute approximate surface area is 118 Å². The Morgan fingerprint density at radius 2 is 2.00 bits per heavy atom. The normalized spacial score (nSPS) is 12.6. The summed E-state index contributed by atoms with van der Waals surface area (Å²) in [4.78, 5) is 0. The van der Waals surface area contributed by atoms with E-state index in [0.29, 0.717) is 6.04 Å². The van der Waals surface area contributed by atoms with Crippen LogP contribution >= 0.6 is 0 Å². The predicted octanol–water partition coefficient (Wildman–Crippen LogP) is 4.16. The molecule has 19 heavy (non-hydrogen) atoms. The summed E-state index contributed by atoms with van der Waals surface area (Å²) in [6.07, 6.45) is 3.43. The van der Waals surface area contributed by atoms with Crippen LogP contribution in [0.1, 0.15) is 55.8 Å². The van der Waals surface area contributed by atoms with Crippen LogP contribution in [0.2, 0.25) is 0 Å². The molecule has 0 bridgehead atoms. The Bertz CT molecular complexity index is 362. The zero-order chi connectivity index (χ0) is 14.1. The molecule has 0 heterocycles. The standard InChI is InChI=1S/C17H29NO/c1-5-11-18-17(8-7-12-19-6-2)16-13-14(3)9-10-15(16)4/h9-10,13,17-18H,5-8,11-12H2,1-4H3. The lowest BCUT2D eigenvalue weighted by molar-refractivity contribution is 0.141. The van der Waals surface area contributed by atoms with Crippen LogP contribution in [-0.4, -0.2) is 19.8 Å². The first-order chi connectivity index (χ1) is 9.19. The Balaban J connectivity index is 2.68. The number of benzene rings is 1. The maximum Gasteiger partial charge on any atom is 0.0466 e. The zero-order valence-electron chi connectivity index (χ0n) is 13.0. The molecule has 0 amide bonds. The maximum absolute atomic E-state index is 5.45. The lowest BCUT2D eigenvalue weighted by atomic mass is 9.95. The van der Waals surface area contributed by atoms with E-state index < -0.39 is 0 Å². The van der Waals surface area contributed by atoms with Crippen LogP contribution in [-0.2, 0) is 4.74 Å². The fourth-order valence-electron chi connectivity index (χ4n) is 2.36. The van der Waals surface area contributed by atoms with Gasteiger partial charge in [-0.15, -0.1) is 0 Å². The summed E-state index contributed by atoms with van der Waals surface area (Å²) in [7, 11) is 0. The van der Waals surface area contributed by atoms with Crippen LogP contribution < -0.4 is 5.32 Å². The Morgan fingerprint density at radius 3 is 2.68 bits per heavy atom. The van der Waals surface area contributed by atoms with Gasteiger partial charge in [0, 0.05) is 19.3 Å². The largest absolute Gasteiger partial charge is 0.382 e. The summed E-state index contributed by atoms with van der Waals surface area (Å²) in [6.45, 7) is 11.4. The van der Waals surface area contributed by atoms with Crippen molar-refractivity contribution in [2.75, 3.05) is 19.8 Å². The van der Waals surface area contributed by atoms with Gasteiger partial charge in [0.15, 0.2) is 0 Å². The molecule has 2 nitrogen and oxygen atoms in total. The molecule has 2 heteroatoms. The average molecular weight is 263 g/mol. The van der Waals surface area contributed by atoms with Crippen molar-refractivity contribution in [1.29, 1.82) is 0 Å². The molecule has 108 valence electrons. The first-order valence-corrected chi connectivity index (χ1v) is 7.57. The highest BCUT2D eigenvalue weighted by molar-refractivity contribution is 5.33. The molecule has 1 N–H and O–H groups in total. The van der Waals surface area contributed by atoms with Gasteiger partial charge in [-0.1, -0.05) is 30.7 Å². The predicted molar refractivity (Wildman–Crippen MR) is 82.7 cm³/mol. The molecule has 0 spiro atoms. The summed E-state index contributed by atoms with van der Waals surface area (Å²) in [5, 5.41) is 3.68. The quantitative estimate of drug-likeness (QED) is 0.675. The highest BCUT2D eigenvalue weighted by atomic mass is 16.5. The number of hydrogen-bond donors (Lipinski definition) is 1. The molecule has 1 aromatic rings. The van der Waals surface area contributed by atoms with Crippen LogP contribution in [0, 0.1) is 13.8 Å². The van der Waals surface area contributed by atoms with E-state index in [-0.39, 0.29) is 0 Å². The van der Waals surface area contributed by atoms with Crippen LogP contribution in [0.25, 0.3) is 0 Å². The van der Waals surface area contributed by atoms with Crippen LogP contribution in [0.4, 0.5) is 0 Å². The minimum Gasteiger partial charge on any atom is -0.382 e. The molecule has 1 aromatic carbocycles. The van der Waals surface area contributed by atoms with E-state index >= 15 is 0 Å². The van der Waals surface area contributed by atoms with Gasteiger partial charge in [-0.2, -0.15) is 0 Å². The highest BCUT2D eigenvalue weighted by Crippen LogP contribution is 2.23.